The van der Waals surface area contributed by atoms with Crippen molar-refractivity contribution in [3.05, 3.63) is 35.9 Å². The first-order chi connectivity index (χ1) is 9.69. The molecule has 1 aliphatic rings. The summed E-state index contributed by atoms with van der Waals surface area (Å²) in [6.07, 6.45) is 2.96. The fourth-order valence-corrected chi connectivity index (χ4v) is 2.75. The van der Waals surface area contributed by atoms with E-state index in [9.17, 15) is 4.79 Å². The number of amides is 1. The van der Waals surface area contributed by atoms with E-state index < -0.39 is 0 Å². The lowest BCUT2D eigenvalue weighted by molar-refractivity contribution is -0.124. The molecule has 0 bridgehead atoms. The van der Waals surface area contributed by atoms with E-state index in [1.54, 1.807) is 0 Å². The summed E-state index contributed by atoms with van der Waals surface area (Å²) < 4.78 is 5.49. The Hall–Kier alpha value is -1.06. The first-order valence-electron chi connectivity index (χ1n) is 7.26. The van der Waals surface area contributed by atoms with Gasteiger partial charge in [-0.15, -0.1) is 11.6 Å². The van der Waals surface area contributed by atoms with E-state index in [1.165, 1.54) is 0 Å². The number of hydrogen-bond acceptors (Lipinski definition) is 2. The number of ether oxygens (including phenoxy) is 1. The number of benzene rings is 1. The molecule has 1 unspecified atom stereocenters. The number of halogens is 1. The summed E-state index contributed by atoms with van der Waals surface area (Å²) in [6, 6.07) is 9.81. The number of alkyl halides is 1. The molecule has 0 radical (unpaired) electrons. The maximum Gasteiger partial charge on any atom is 0.220 e. The zero-order valence-corrected chi connectivity index (χ0v) is 12.6. The van der Waals surface area contributed by atoms with Crippen LogP contribution in [0.5, 0.6) is 0 Å². The van der Waals surface area contributed by atoms with Crippen LogP contribution in [0.1, 0.15) is 37.1 Å². The molecule has 1 amide bonds. The second-order valence-electron chi connectivity index (χ2n) is 5.30. The predicted octanol–water partition coefficient (Wildman–Crippen LogP) is 3.29. The molecule has 20 heavy (non-hydrogen) atoms. The molecule has 0 saturated heterocycles. The standard InChI is InChI=1S/C16H22ClNO2/c1-2-20-14-8-12(9-14)10-16(19)18-11-15(17)13-6-4-3-5-7-13/h3-7,12,14-15H,2,8-11H2,1H3,(H,18,19). The van der Waals surface area contributed by atoms with E-state index in [4.69, 9.17) is 16.3 Å². The van der Waals surface area contributed by atoms with Crippen LogP contribution in [0.3, 0.4) is 0 Å². The molecule has 1 fully saturated rings. The van der Waals surface area contributed by atoms with Gasteiger partial charge in [0.1, 0.15) is 0 Å². The van der Waals surface area contributed by atoms with Gasteiger partial charge in [-0.05, 0) is 31.2 Å². The molecule has 0 aliphatic heterocycles. The minimum atomic E-state index is -0.169. The molecule has 3 nitrogen and oxygen atoms in total. The van der Waals surface area contributed by atoms with Crippen LogP contribution >= 0.6 is 11.6 Å². The summed E-state index contributed by atoms with van der Waals surface area (Å²) in [4.78, 5) is 11.8. The lowest BCUT2D eigenvalue weighted by atomic mass is 9.80. The summed E-state index contributed by atoms with van der Waals surface area (Å²) in [5, 5.41) is 2.75. The Morgan fingerprint density at radius 1 is 1.40 bits per heavy atom. The van der Waals surface area contributed by atoms with Gasteiger partial charge in [-0.2, -0.15) is 0 Å². The Balaban J connectivity index is 1.64. The Morgan fingerprint density at radius 2 is 2.10 bits per heavy atom. The van der Waals surface area contributed by atoms with Crippen molar-refractivity contribution in [1.29, 1.82) is 0 Å². The topological polar surface area (TPSA) is 38.3 Å². The summed E-state index contributed by atoms with van der Waals surface area (Å²) in [6.45, 7) is 3.24. The minimum absolute atomic E-state index is 0.0894. The van der Waals surface area contributed by atoms with Crippen molar-refractivity contribution in [3.8, 4) is 0 Å². The van der Waals surface area contributed by atoms with Crippen molar-refractivity contribution in [3.63, 3.8) is 0 Å². The summed E-state index contributed by atoms with van der Waals surface area (Å²) in [5.74, 6) is 0.559. The maximum absolute atomic E-state index is 11.8. The van der Waals surface area contributed by atoms with Crippen LogP contribution in [-0.2, 0) is 9.53 Å². The average molecular weight is 296 g/mol. The largest absolute Gasteiger partial charge is 0.378 e. The number of carbonyl (C=O) groups is 1. The molecular weight excluding hydrogens is 274 g/mol. The molecule has 1 saturated carbocycles. The number of hydrogen-bond donors (Lipinski definition) is 1. The van der Waals surface area contributed by atoms with Gasteiger partial charge in [-0.1, -0.05) is 30.3 Å². The smallest absolute Gasteiger partial charge is 0.220 e. The average Bonchev–Trinajstić information content (AvgIpc) is 2.43. The van der Waals surface area contributed by atoms with Gasteiger partial charge >= 0.3 is 0 Å². The highest BCUT2D eigenvalue weighted by atomic mass is 35.5. The van der Waals surface area contributed by atoms with Crippen molar-refractivity contribution >= 4 is 17.5 Å². The fourth-order valence-electron chi connectivity index (χ4n) is 2.53. The van der Waals surface area contributed by atoms with Gasteiger partial charge in [-0.3, -0.25) is 4.79 Å². The van der Waals surface area contributed by atoms with Crippen molar-refractivity contribution in [2.45, 2.75) is 37.7 Å². The van der Waals surface area contributed by atoms with Gasteiger partial charge in [0.05, 0.1) is 11.5 Å². The van der Waals surface area contributed by atoms with Crippen molar-refractivity contribution in [2.75, 3.05) is 13.2 Å². The van der Waals surface area contributed by atoms with E-state index in [-0.39, 0.29) is 11.3 Å². The third-order valence-electron chi connectivity index (χ3n) is 3.71. The normalized spacial score (nSPS) is 22.9. The van der Waals surface area contributed by atoms with Gasteiger partial charge in [0.2, 0.25) is 5.91 Å². The number of carbonyl (C=O) groups excluding carboxylic acids is 1. The van der Waals surface area contributed by atoms with Gasteiger partial charge in [-0.25, -0.2) is 0 Å². The first kappa shape index (κ1) is 15.3. The molecule has 110 valence electrons. The SMILES string of the molecule is CCOC1CC(CC(=O)NCC(Cl)c2ccccc2)C1. The monoisotopic (exact) mass is 295 g/mol. The molecule has 1 aromatic carbocycles. The highest BCUT2D eigenvalue weighted by molar-refractivity contribution is 6.21. The first-order valence-corrected chi connectivity index (χ1v) is 7.70. The van der Waals surface area contributed by atoms with Gasteiger partial charge in [0, 0.05) is 19.6 Å². The second-order valence-corrected chi connectivity index (χ2v) is 5.83. The Morgan fingerprint density at radius 3 is 2.75 bits per heavy atom. The lowest BCUT2D eigenvalue weighted by Crippen LogP contribution is -2.36. The molecule has 2 rings (SSSR count). The fraction of sp³-hybridized carbons (Fsp3) is 0.562. The van der Waals surface area contributed by atoms with Crippen molar-refractivity contribution < 1.29 is 9.53 Å². The quantitative estimate of drug-likeness (QED) is 0.784. The molecule has 0 spiro atoms. The molecule has 0 heterocycles. The Labute approximate surface area is 125 Å². The highest BCUT2D eigenvalue weighted by Crippen LogP contribution is 2.32. The zero-order chi connectivity index (χ0) is 14.4. The Bertz CT molecular complexity index is 418. The third kappa shape index (κ3) is 4.50. The molecule has 1 atom stereocenters. The summed E-state index contributed by atoms with van der Waals surface area (Å²) in [5.41, 5.74) is 1.04. The number of rotatable bonds is 7. The van der Waals surface area contributed by atoms with Crippen LogP contribution in [0.25, 0.3) is 0 Å². The van der Waals surface area contributed by atoms with E-state index in [0.717, 1.165) is 25.0 Å². The highest BCUT2D eigenvalue weighted by Gasteiger charge is 2.31. The lowest BCUT2D eigenvalue weighted by Gasteiger charge is -2.34. The van der Waals surface area contributed by atoms with Gasteiger partial charge in [0.25, 0.3) is 0 Å². The van der Waals surface area contributed by atoms with Crippen LogP contribution in [-0.4, -0.2) is 25.2 Å². The van der Waals surface area contributed by atoms with Crippen LogP contribution in [0.4, 0.5) is 0 Å². The molecule has 1 N–H and O–H groups in total. The van der Waals surface area contributed by atoms with Crippen molar-refractivity contribution in [2.24, 2.45) is 5.92 Å². The third-order valence-corrected chi connectivity index (χ3v) is 4.11. The maximum atomic E-state index is 11.8. The molecule has 1 aromatic rings. The van der Waals surface area contributed by atoms with Gasteiger partial charge in [0.15, 0.2) is 0 Å². The molecule has 0 aromatic heterocycles. The molecule has 4 heteroatoms. The van der Waals surface area contributed by atoms with Crippen molar-refractivity contribution in [1.82, 2.24) is 5.32 Å². The van der Waals surface area contributed by atoms with Crippen LogP contribution in [0.15, 0.2) is 30.3 Å². The van der Waals surface area contributed by atoms with Gasteiger partial charge < -0.3 is 10.1 Å². The number of nitrogens with one attached hydrogen (secondary N) is 1. The Kier molecular flexibility index (Phi) is 5.86. The van der Waals surface area contributed by atoms with Crippen LogP contribution in [0.2, 0.25) is 0 Å². The van der Waals surface area contributed by atoms with Crippen LogP contribution in [0, 0.1) is 5.92 Å². The van der Waals surface area contributed by atoms with E-state index in [2.05, 4.69) is 5.32 Å². The summed E-state index contributed by atoms with van der Waals surface area (Å²) in [7, 11) is 0. The molecule has 1 aliphatic carbocycles. The zero-order valence-electron chi connectivity index (χ0n) is 11.8. The van der Waals surface area contributed by atoms with E-state index in [0.29, 0.717) is 25.0 Å². The molecular formula is C16H22ClNO2. The van der Waals surface area contributed by atoms with E-state index >= 15 is 0 Å². The summed E-state index contributed by atoms with van der Waals surface area (Å²) >= 11 is 6.26. The van der Waals surface area contributed by atoms with E-state index in [1.807, 2.05) is 37.3 Å². The van der Waals surface area contributed by atoms with Crippen LogP contribution < -0.4 is 5.32 Å². The predicted molar refractivity (Wildman–Crippen MR) is 80.8 cm³/mol. The second kappa shape index (κ2) is 7.65. The minimum Gasteiger partial charge on any atom is -0.378 e.